The van der Waals surface area contributed by atoms with Gasteiger partial charge in [0.05, 0.1) is 5.41 Å². The zero-order chi connectivity index (χ0) is 14.3. The number of aryl methyl sites for hydroxylation is 1. The highest BCUT2D eigenvalue weighted by Gasteiger charge is 2.51. The van der Waals surface area contributed by atoms with E-state index in [4.69, 9.17) is 5.73 Å². The minimum Gasteiger partial charge on any atom is -0.399 e. The van der Waals surface area contributed by atoms with Crippen LogP contribution in [-0.4, -0.2) is 5.78 Å². The van der Waals surface area contributed by atoms with Gasteiger partial charge in [0, 0.05) is 11.3 Å². The second-order valence-corrected chi connectivity index (χ2v) is 5.55. The molecule has 0 aliphatic heterocycles. The average Bonchev–Trinajstić information content (AvgIpc) is 3.19. The summed E-state index contributed by atoms with van der Waals surface area (Å²) in [7, 11) is 0. The third kappa shape index (κ3) is 2.09. The lowest BCUT2D eigenvalue weighted by Gasteiger charge is -2.15. The lowest BCUT2D eigenvalue weighted by molar-refractivity contribution is 0.0945. The maximum absolute atomic E-state index is 13.5. The smallest absolute Gasteiger partial charge is 0.173 e. The summed E-state index contributed by atoms with van der Waals surface area (Å²) in [6.07, 6.45) is 1.62. The highest BCUT2D eigenvalue weighted by molar-refractivity contribution is 6.06. The minimum atomic E-state index is -0.478. The molecule has 3 rings (SSSR count). The van der Waals surface area contributed by atoms with Crippen LogP contribution >= 0.6 is 0 Å². The van der Waals surface area contributed by atoms with Gasteiger partial charge in [0.2, 0.25) is 0 Å². The van der Waals surface area contributed by atoms with Gasteiger partial charge < -0.3 is 5.73 Å². The molecule has 0 aromatic heterocycles. The Morgan fingerprint density at radius 1 is 1.15 bits per heavy atom. The van der Waals surface area contributed by atoms with Crippen molar-refractivity contribution in [2.24, 2.45) is 0 Å². The Balaban J connectivity index is 1.99. The number of benzene rings is 2. The van der Waals surface area contributed by atoms with E-state index in [2.05, 4.69) is 0 Å². The fourth-order valence-electron chi connectivity index (χ4n) is 2.72. The predicted molar refractivity (Wildman–Crippen MR) is 77.2 cm³/mol. The average molecular weight is 269 g/mol. The van der Waals surface area contributed by atoms with Crippen molar-refractivity contribution in [2.45, 2.75) is 25.2 Å². The van der Waals surface area contributed by atoms with E-state index < -0.39 is 5.41 Å². The van der Waals surface area contributed by atoms with Gasteiger partial charge in [0.25, 0.3) is 0 Å². The number of nitrogen functional groups attached to an aromatic ring is 1. The lowest BCUT2D eigenvalue weighted by Crippen LogP contribution is -2.21. The van der Waals surface area contributed by atoms with Crippen LogP contribution in [0.4, 0.5) is 10.1 Å². The zero-order valence-electron chi connectivity index (χ0n) is 11.3. The van der Waals surface area contributed by atoms with Crippen LogP contribution in [0, 0.1) is 12.7 Å². The summed E-state index contributed by atoms with van der Waals surface area (Å²) in [6.45, 7) is 1.79. The molecule has 0 radical (unpaired) electrons. The second kappa shape index (κ2) is 4.44. The standard InChI is InChI=1S/C17H16FNO/c1-11-8-12(10-14(18)9-11)16(20)17(6-7-17)13-2-4-15(19)5-3-13/h2-5,8-10H,6-7,19H2,1H3. The van der Waals surface area contributed by atoms with Gasteiger partial charge in [-0.05, 0) is 61.2 Å². The van der Waals surface area contributed by atoms with Crippen molar-refractivity contribution >= 4 is 11.5 Å². The SMILES string of the molecule is Cc1cc(F)cc(C(=O)C2(c3ccc(N)cc3)CC2)c1. The van der Waals surface area contributed by atoms with E-state index >= 15 is 0 Å². The van der Waals surface area contributed by atoms with E-state index in [1.54, 1.807) is 25.1 Å². The first-order chi connectivity index (χ1) is 9.51. The first-order valence-electron chi connectivity index (χ1n) is 6.69. The number of nitrogens with two attached hydrogens (primary N) is 1. The van der Waals surface area contributed by atoms with Crippen molar-refractivity contribution in [3.05, 3.63) is 65.0 Å². The molecule has 20 heavy (non-hydrogen) atoms. The highest BCUT2D eigenvalue weighted by atomic mass is 19.1. The normalized spacial score (nSPS) is 15.9. The van der Waals surface area contributed by atoms with E-state index in [-0.39, 0.29) is 11.6 Å². The molecule has 0 atom stereocenters. The summed E-state index contributed by atoms with van der Waals surface area (Å²) < 4.78 is 13.5. The predicted octanol–water partition coefficient (Wildman–Crippen LogP) is 3.63. The van der Waals surface area contributed by atoms with Crippen molar-refractivity contribution in [2.75, 3.05) is 5.73 Å². The largest absolute Gasteiger partial charge is 0.399 e. The van der Waals surface area contributed by atoms with Gasteiger partial charge in [0.1, 0.15) is 5.82 Å². The van der Waals surface area contributed by atoms with Crippen molar-refractivity contribution < 1.29 is 9.18 Å². The molecule has 0 unspecified atom stereocenters. The Kier molecular flexibility index (Phi) is 2.85. The van der Waals surface area contributed by atoms with Gasteiger partial charge in [-0.25, -0.2) is 4.39 Å². The van der Waals surface area contributed by atoms with E-state index in [1.165, 1.54) is 12.1 Å². The number of carbonyl (C=O) groups is 1. The molecule has 2 aromatic carbocycles. The fraction of sp³-hybridized carbons (Fsp3) is 0.235. The number of carbonyl (C=O) groups excluding carboxylic acids is 1. The van der Waals surface area contributed by atoms with Crippen molar-refractivity contribution in [1.29, 1.82) is 0 Å². The minimum absolute atomic E-state index is 0.00451. The van der Waals surface area contributed by atoms with Crippen molar-refractivity contribution in [3.63, 3.8) is 0 Å². The Labute approximate surface area is 117 Å². The van der Waals surface area contributed by atoms with Crippen LogP contribution < -0.4 is 5.73 Å². The number of hydrogen-bond acceptors (Lipinski definition) is 2. The molecule has 2 N–H and O–H groups in total. The van der Waals surface area contributed by atoms with Crippen molar-refractivity contribution in [3.8, 4) is 0 Å². The summed E-state index contributed by atoms with van der Waals surface area (Å²) in [6, 6.07) is 11.9. The molecule has 0 saturated heterocycles. The highest BCUT2D eigenvalue weighted by Crippen LogP contribution is 2.50. The topological polar surface area (TPSA) is 43.1 Å². The van der Waals surface area contributed by atoms with Crippen LogP contribution in [0.5, 0.6) is 0 Å². The van der Waals surface area contributed by atoms with Gasteiger partial charge in [0.15, 0.2) is 5.78 Å². The molecule has 2 nitrogen and oxygen atoms in total. The van der Waals surface area contributed by atoms with Gasteiger partial charge in [-0.15, -0.1) is 0 Å². The molecule has 1 aliphatic rings. The van der Waals surface area contributed by atoms with Crippen LogP contribution in [0.15, 0.2) is 42.5 Å². The second-order valence-electron chi connectivity index (χ2n) is 5.55. The third-order valence-corrected chi connectivity index (χ3v) is 3.95. The molecular weight excluding hydrogens is 253 g/mol. The number of anilines is 1. The van der Waals surface area contributed by atoms with Gasteiger partial charge in [-0.2, -0.15) is 0 Å². The first kappa shape index (κ1) is 12.9. The first-order valence-corrected chi connectivity index (χ1v) is 6.69. The Morgan fingerprint density at radius 2 is 1.80 bits per heavy atom. The fourth-order valence-corrected chi connectivity index (χ4v) is 2.72. The molecule has 3 heteroatoms. The maximum atomic E-state index is 13.5. The molecule has 1 aliphatic carbocycles. The van der Waals surface area contributed by atoms with Gasteiger partial charge >= 0.3 is 0 Å². The summed E-state index contributed by atoms with van der Waals surface area (Å²) >= 11 is 0. The summed E-state index contributed by atoms with van der Waals surface area (Å²) in [5.74, 6) is -0.355. The van der Waals surface area contributed by atoms with E-state index in [1.807, 2.05) is 12.1 Å². The Bertz CT molecular complexity index is 652. The third-order valence-electron chi connectivity index (χ3n) is 3.95. The number of Topliss-reactive ketones (excluding diaryl/α,β-unsaturated/α-hetero) is 1. The number of ketones is 1. The molecule has 0 heterocycles. The summed E-state index contributed by atoms with van der Waals surface area (Å²) in [5.41, 5.74) is 8.08. The molecule has 2 aromatic rings. The molecule has 0 spiro atoms. The van der Waals surface area contributed by atoms with Crippen LogP contribution in [0.3, 0.4) is 0 Å². The monoisotopic (exact) mass is 269 g/mol. The van der Waals surface area contributed by atoms with E-state index in [0.29, 0.717) is 11.3 Å². The zero-order valence-corrected chi connectivity index (χ0v) is 11.3. The van der Waals surface area contributed by atoms with Gasteiger partial charge in [-0.1, -0.05) is 12.1 Å². The maximum Gasteiger partial charge on any atom is 0.173 e. The number of rotatable bonds is 3. The molecular formula is C17H16FNO. The molecule has 1 fully saturated rings. The van der Waals surface area contributed by atoms with E-state index in [9.17, 15) is 9.18 Å². The Morgan fingerprint density at radius 3 is 2.35 bits per heavy atom. The molecule has 0 bridgehead atoms. The van der Waals surface area contributed by atoms with E-state index in [0.717, 1.165) is 24.0 Å². The van der Waals surface area contributed by atoms with Crippen LogP contribution in [0.25, 0.3) is 0 Å². The molecule has 0 amide bonds. The van der Waals surface area contributed by atoms with Crippen LogP contribution in [0.2, 0.25) is 0 Å². The summed E-state index contributed by atoms with van der Waals surface area (Å²) in [5, 5.41) is 0. The van der Waals surface area contributed by atoms with Crippen LogP contribution in [0.1, 0.15) is 34.3 Å². The van der Waals surface area contributed by atoms with Crippen molar-refractivity contribution in [1.82, 2.24) is 0 Å². The Hall–Kier alpha value is -2.16. The number of halogens is 1. The lowest BCUT2D eigenvalue weighted by atomic mass is 9.87. The summed E-state index contributed by atoms with van der Waals surface area (Å²) in [4.78, 5) is 12.7. The van der Waals surface area contributed by atoms with Gasteiger partial charge in [-0.3, -0.25) is 4.79 Å². The quantitative estimate of drug-likeness (QED) is 0.683. The number of hydrogen-bond donors (Lipinski definition) is 1. The molecule has 102 valence electrons. The molecule has 1 saturated carbocycles. The van der Waals surface area contributed by atoms with Crippen LogP contribution in [-0.2, 0) is 5.41 Å².